The van der Waals surface area contributed by atoms with Gasteiger partial charge in [0.2, 0.25) is 0 Å². The van der Waals surface area contributed by atoms with Crippen molar-refractivity contribution in [1.29, 1.82) is 5.26 Å². The Morgan fingerprint density at radius 3 is 2.78 bits per heavy atom. The Labute approximate surface area is 107 Å². The number of rotatable bonds is 2. The molecule has 5 nitrogen and oxygen atoms in total. The van der Waals surface area contributed by atoms with Crippen molar-refractivity contribution in [1.82, 2.24) is 15.1 Å². The largest absolute Gasteiger partial charge is 0.332 e. The van der Waals surface area contributed by atoms with Gasteiger partial charge in [-0.25, -0.2) is 0 Å². The first-order valence-electron chi connectivity index (χ1n) is 6.28. The lowest BCUT2D eigenvalue weighted by molar-refractivity contribution is 0.0884. The summed E-state index contributed by atoms with van der Waals surface area (Å²) in [4.78, 5) is 12.1. The molecule has 5 heteroatoms. The van der Waals surface area contributed by atoms with E-state index in [0.717, 1.165) is 25.7 Å². The summed E-state index contributed by atoms with van der Waals surface area (Å²) in [5.41, 5.74) is -0.211. The van der Waals surface area contributed by atoms with Gasteiger partial charge in [-0.15, -0.1) is 0 Å². The van der Waals surface area contributed by atoms with Gasteiger partial charge in [-0.3, -0.25) is 9.48 Å². The van der Waals surface area contributed by atoms with E-state index in [1.54, 1.807) is 19.3 Å². The van der Waals surface area contributed by atoms with Crippen LogP contribution in [0.15, 0.2) is 12.3 Å². The Morgan fingerprint density at radius 1 is 1.61 bits per heavy atom. The molecule has 0 bridgehead atoms. The monoisotopic (exact) mass is 246 g/mol. The number of hydrogen-bond donors (Lipinski definition) is 1. The lowest BCUT2D eigenvalue weighted by Crippen LogP contribution is -2.49. The van der Waals surface area contributed by atoms with Crippen molar-refractivity contribution >= 4 is 5.91 Å². The zero-order valence-corrected chi connectivity index (χ0v) is 10.8. The molecule has 1 aliphatic rings. The van der Waals surface area contributed by atoms with Gasteiger partial charge in [0.25, 0.3) is 5.91 Å². The predicted octanol–water partition coefficient (Wildman–Crippen LogP) is 1.62. The van der Waals surface area contributed by atoms with Gasteiger partial charge >= 0.3 is 0 Å². The van der Waals surface area contributed by atoms with Crippen LogP contribution in [0.5, 0.6) is 0 Å². The molecule has 0 aromatic carbocycles. The zero-order chi connectivity index (χ0) is 13.2. The maximum Gasteiger partial charge on any atom is 0.270 e. The van der Waals surface area contributed by atoms with E-state index in [-0.39, 0.29) is 5.91 Å². The molecule has 2 rings (SSSR count). The molecule has 96 valence electrons. The van der Waals surface area contributed by atoms with Crippen LogP contribution >= 0.6 is 0 Å². The molecule has 1 aliphatic carbocycles. The second-order valence-corrected chi connectivity index (χ2v) is 5.17. The number of nitriles is 1. The third kappa shape index (κ3) is 2.37. The first-order chi connectivity index (χ1) is 8.56. The van der Waals surface area contributed by atoms with Gasteiger partial charge in [0.05, 0.1) is 6.07 Å². The number of nitrogens with zero attached hydrogens (tertiary/aromatic N) is 3. The summed E-state index contributed by atoms with van der Waals surface area (Å²) in [5, 5.41) is 16.2. The molecular formula is C13H18N4O. The zero-order valence-electron chi connectivity index (χ0n) is 10.8. The first-order valence-corrected chi connectivity index (χ1v) is 6.28. The predicted molar refractivity (Wildman–Crippen MR) is 66.7 cm³/mol. The summed E-state index contributed by atoms with van der Waals surface area (Å²) in [6.45, 7) is 2.18. The summed E-state index contributed by atoms with van der Waals surface area (Å²) in [6.07, 6.45) is 5.01. The topological polar surface area (TPSA) is 70.7 Å². The minimum Gasteiger partial charge on any atom is -0.332 e. The van der Waals surface area contributed by atoms with Crippen LogP contribution in [0, 0.1) is 17.2 Å². The van der Waals surface area contributed by atoms with Crippen LogP contribution in [-0.4, -0.2) is 21.2 Å². The Kier molecular flexibility index (Phi) is 3.37. The van der Waals surface area contributed by atoms with E-state index in [9.17, 15) is 10.1 Å². The van der Waals surface area contributed by atoms with Crippen molar-refractivity contribution in [2.75, 3.05) is 0 Å². The van der Waals surface area contributed by atoms with Crippen molar-refractivity contribution in [3.05, 3.63) is 18.0 Å². The molecule has 0 unspecified atom stereocenters. The Bertz CT molecular complexity index is 477. The maximum absolute atomic E-state index is 12.1. The van der Waals surface area contributed by atoms with Crippen LogP contribution < -0.4 is 5.32 Å². The van der Waals surface area contributed by atoms with Crippen molar-refractivity contribution in [3.8, 4) is 6.07 Å². The number of carbonyl (C=O) groups is 1. The van der Waals surface area contributed by atoms with Crippen LogP contribution in [0.3, 0.4) is 0 Å². The summed E-state index contributed by atoms with van der Waals surface area (Å²) in [5.74, 6) is 0.422. The minimum absolute atomic E-state index is 0.217. The van der Waals surface area contributed by atoms with Gasteiger partial charge in [-0.05, 0) is 37.7 Å². The Hall–Kier alpha value is -1.83. The highest BCUT2D eigenvalue weighted by Crippen LogP contribution is 2.31. The second kappa shape index (κ2) is 4.81. The van der Waals surface area contributed by atoms with E-state index in [4.69, 9.17) is 0 Å². The Balaban J connectivity index is 2.10. The number of carbonyl (C=O) groups excluding carboxylic acids is 1. The fraction of sp³-hybridized carbons (Fsp3) is 0.615. The summed E-state index contributed by atoms with van der Waals surface area (Å²) in [7, 11) is 1.72. The van der Waals surface area contributed by atoms with E-state index in [1.807, 2.05) is 0 Å². The smallest absolute Gasteiger partial charge is 0.270 e. The third-order valence-corrected chi connectivity index (χ3v) is 3.75. The highest BCUT2D eigenvalue weighted by atomic mass is 16.2. The van der Waals surface area contributed by atoms with Gasteiger partial charge < -0.3 is 5.32 Å². The number of nitrogens with one attached hydrogen (secondary N) is 1. The molecule has 18 heavy (non-hydrogen) atoms. The van der Waals surface area contributed by atoms with Gasteiger partial charge in [0, 0.05) is 13.2 Å². The number of aromatic nitrogens is 2. The fourth-order valence-corrected chi connectivity index (χ4v) is 2.40. The van der Waals surface area contributed by atoms with Crippen LogP contribution in [0.1, 0.15) is 43.1 Å². The average molecular weight is 246 g/mol. The van der Waals surface area contributed by atoms with Crippen molar-refractivity contribution in [2.24, 2.45) is 13.0 Å². The molecule has 0 saturated heterocycles. The lowest BCUT2D eigenvalue weighted by Gasteiger charge is -2.34. The molecular weight excluding hydrogens is 228 g/mol. The van der Waals surface area contributed by atoms with Crippen LogP contribution in [-0.2, 0) is 7.05 Å². The normalized spacial score (nSPS) is 27.5. The molecule has 1 fully saturated rings. The molecule has 0 radical (unpaired) electrons. The number of aryl methyl sites for hydroxylation is 1. The molecule has 0 aliphatic heterocycles. The minimum atomic E-state index is -0.701. The maximum atomic E-state index is 12.1. The average Bonchev–Trinajstić information content (AvgIpc) is 2.79. The molecule has 1 aromatic rings. The quantitative estimate of drug-likeness (QED) is 0.862. The van der Waals surface area contributed by atoms with E-state index >= 15 is 0 Å². The highest BCUT2D eigenvalue weighted by Gasteiger charge is 2.36. The molecule has 1 heterocycles. The van der Waals surface area contributed by atoms with E-state index in [2.05, 4.69) is 23.4 Å². The SMILES string of the molecule is CC1CCC(C#N)(NC(=O)c2ccnn2C)CC1. The van der Waals surface area contributed by atoms with Gasteiger partial charge in [-0.2, -0.15) is 10.4 Å². The third-order valence-electron chi connectivity index (χ3n) is 3.75. The molecule has 1 amide bonds. The van der Waals surface area contributed by atoms with E-state index in [0.29, 0.717) is 11.6 Å². The summed E-state index contributed by atoms with van der Waals surface area (Å²) < 4.78 is 1.52. The van der Waals surface area contributed by atoms with Crippen LogP contribution in [0.25, 0.3) is 0 Å². The number of amides is 1. The van der Waals surface area contributed by atoms with Gasteiger partial charge in [0.15, 0.2) is 0 Å². The molecule has 1 N–H and O–H groups in total. The fourth-order valence-electron chi connectivity index (χ4n) is 2.40. The lowest BCUT2D eigenvalue weighted by atomic mass is 9.78. The molecule has 0 spiro atoms. The summed E-state index contributed by atoms with van der Waals surface area (Å²) >= 11 is 0. The number of hydrogen-bond acceptors (Lipinski definition) is 3. The standard InChI is InChI=1S/C13H18N4O/c1-10-3-6-13(9-14,7-4-10)16-12(18)11-5-8-15-17(11)2/h5,8,10H,3-4,6-7H2,1-2H3,(H,16,18). The molecule has 0 atom stereocenters. The van der Waals surface area contributed by atoms with Crippen LogP contribution in [0.4, 0.5) is 0 Å². The van der Waals surface area contributed by atoms with Crippen molar-refractivity contribution < 1.29 is 4.79 Å². The first kappa shape index (κ1) is 12.6. The van der Waals surface area contributed by atoms with E-state index < -0.39 is 5.54 Å². The molecule has 1 saturated carbocycles. The van der Waals surface area contributed by atoms with Gasteiger partial charge in [0.1, 0.15) is 11.2 Å². The Morgan fingerprint density at radius 2 is 2.28 bits per heavy atom. The summed E-state index contributed by atoms with van der Waals surface area (Å²) in [6, 6.07) is 3.95. The highest BCUT2D eigenvalue weighted by molar-refractivity contribution is 5.93. The van der Waals surface area contributed by atoms with Crippen molar-refractivity contribution in [3.63, 3.8) is 0 Å². The molecule has 1 aromatic heterocycles. The second-order valence-electron chi connectivity index (χ2n) is 5.17. The van der Waals surface area contributed by atoms with Gasteiger partial charge in [-0.1, -0.05) is 6.92 Å². The van der Waals surface area contributed by atoms with E-state index in [1.165, 1.54) is 4.68 Å². The van der Waals surface area contributed by atoms with Crippen molar-refractivity contribution in [2.45, 2.75) is 38.1 Å². The van der Waals surface area contributed by atoms with Crippen LogP contribution in [0.2, 0.25) is 0 Å².